The summed E-state index contributed by atoms with van der Waals surface area (Å²) in [5.74, 6) is 0.610. The maximum atomic E-state index is 13.1. The van der Waals surface area contributed by atoms with Crippen LogP contribution in [0.5, 0.6) is 0 Å². The summed E-state index contributed by atoms with van der Waals surface area (Å²) in [6.07, 6.45) is 1.22. The van der Waals surface area contributed by atoms with Gasteiger partial charge in [-0.3, -0.25) is 0 Å². The minimum Gasteiger partial charge on any atom is -0.355 e. The van der Waals surface area contributed by atoms with Crippen molar-refractivity contribution in [2.75, 3.05) is 11.9 Å². The molecule has 1 aromatic heterocycles. The highest BCUT2D eigenvalue weighted by Gasteiger charge is 2.10. The molecule has 2 aromatic rings. The van der Waals surface area contributed by atoms with Crippen LogP contribution in [-0.4, -0.2) is 12.0 Å². The van der Waals surface area contributed by atoms with Crippen LogP contribution in [0, 0.1) is 12.7 Å². The number of hydrogen-bond acceptors (Lipinski definition) is 2. The lowest BCUT2D eigenvalue weighted by Crippen LogP contribution is -2.19. The first kappa shape index (κ1) is 13.8. The first-order valence-electron chi connectivity index (χ1n) is 6.07. The Morgan fingerprint density at radius 2 is 1.95 bits per heavy atom. The molecule has 0 bridgehead atoms. The predicted octanol–water partition coefficient (Wildman–Crippen LogP) is 3.90. The molecule has 19 heavy (non-hydrogen) atoms. The molecule has 0 N–H and O–H groups in total. The van der Waals surface area contributed by atoms with Crippen LogP contribution in [0.15, 0.2) is 36.5 Å². The van der Waals surface area contributed by atoms with Gasteiger partial charge in [0.15, 0.2) is 0 Å². The third-order valence-corrected chi connectivity index (χ3v) is 3.24. The van der Waals surface area contributed by atoms with Crippen LogP contribution in [-0.2, 0) is 12.4 Å². The summed E-state index contributed by atoms with van der Waals surface area (Å²) < 4.78 is 13.1. The van der Waals surface area contributed by atoms with Gasteiger partial charge in [0.25, 0.3) is 0 Å². The molecule has 0 amide bonds. The Bertz CT molecular complexity index is 555. The second-order valence-electron chi connectivity index (χ2n) is 4.61. The van der Waals surface area contributed by atoms with Crippen molar-refractivity contribution in [2.24, 2.45) is 0 Å². The van der Waals surface area contributed by atoms with E-state index in [9.17, 15) is 4.39 Å². The van der Waals surface area contributed by atoms with Gasteiger partial charge in [-0.05, 0) is 18.6 Å². The Balaban J connectivity index is 2.19. The van der Waals surface area contributed by atoms with Crippen LogP contribution in [0.4, 0.5) is 10.2 Å². The van der Waals surface area contributed by atoms with Crippen LogP contribution >= 0.6 is 11.6 Å². The standard InChI is InChI=1S/C15H16ClFN2/c1-11-3-5-12(6-4-11)10-19(2)15-13(8-16)7-14(17)9-18-15/h3-7,9H,8,10H2,1-2H3. The van der Waals surface area contributed by atoms with E-state index in [1.165, 1.54) is 23.4 Å². The van der Waals surface area contributed by atoms with Crippen LogP contribution in [0.3, 0.4) is 0 Å². The van der Waals surface area contributed by atoms with E-state index in [1.807, 2.05) is 11.9 Å². The number of aromatic nitrogens is 1. The number of pyridine rings is 1. The van der Waals surface area contributed by atoms with Gasteiger partial charge in [-0.1, -0.05) is 29.8 Å². The van der Waals surface area contributed by atoms with Crippen molar-refractivity contribution in [1.29, 1.82) is 0 Å². The summed E-state index contributed by atoms with van der Waals surface area (Å²) in [6.45, 7) is 2.77. The molecule has 4 heteroatoms. The van der Waals surface area contributed by atoms with Gasteiger partial charge < -0.3 is 4.90 Å². The monoisotopic (exact) mass is 278 g/mol. The van der Waals surface area contributed by atoms with Gasteiger partial charge in [0.2, 0.25) is 0 Å². The highest BCUT2D eigenvalue weighted by Crippen LogP contribution is 2.21. The predicted molar refractivity (Wildman–Crippen MR) is 77.0 cm³/mol. The van der Waals surface area contributed by atoms with Gasteiger partial charge in [0.05, 0.1) is 12.1 Å². The Kier molecular flexibility index (Phi) is 4.38. The molecule has 100 valence electrons. The molecule has 0 fully saturated rings. The van der Waals surface area contributed by atoms with Gasteiger partial charge in [-0.25, -0.2) is 9.37 Å². The largest absolute Gasteiger partial charge is 0.355 e. The quantitative estimate of drug-likeness (QED) is 0.789. The Morgan fingerprint density at radius 1 is 1.26 bits per heavy atom. The molecule has 0 saturated carbocycles. The fourth-order valence-electron chi connectivity index (χ4n) is 1.96. The molecule has 2 nitrogen and oxygen atoms in total. The summed E-state index contributed by atoms with van der Waals surface area (Å²) in [5, 5.41) is 0. The number of benzene rings is 1. The molecule has 0 unspecified atom stereocenters. The van der Waals surface area contributed by atoms with Crippen molar-refractivity contribution in [2.45, 2.75) is 19.3 Å². The Morgan fingerprint density at radius 3 is 2.58 bits per heavy atom. The van der Waals surface area contributed by atoms with Crippen LogP contribution in [0.25, 0.3) is 0 Å². The smallest absolute Gasteiger partial charge is 0.141 e. The van der Waals surface area contributed by atoms with Gasteiger partial charge in [-0.2, -0.15) is 0 Å². The van der Waals surface area contributed by atoms with Crippen molar-refractivity contribution in [3.63, 3.8) is 0 Å². The van der Waals surface area contributed by atoms with E-state index in [0.717, 1.165) is 5.82 Å². The van der Waals surface area contributed by atoms with E-state index < -0.39 is 0 Å². The minimum atomic E-state index is -0.358. The van der Waals surface area contributed by atoms with E-state index in [-0.39, 0.29) is 11.7 Å². The number of halogens is 2. The Hall–Kier alpha value is -1.61. The number of hydrogen-bond donors (Lipinski definition) is 0. The molecule has 0 aliphatic heterocycles. The van der Waals surface area contributed by atoms with Gasteiger partial charge in [0, 0.05) is 19.2 Å². The lowest BCUT2D eigenvalue weighted by molar-refractivity contribution is 0.619. The zero-order valence-corrected chi connectivity index (χ0v) is 11.8. The SMILES string of the molecule is Cc1ccc(CN(C)c2ncc(F)cc2CCl)cc1. The molecular formula is C15H16ClFN2. The van der Waals surface area contributed by atoms with Gasteiger partial charge >= 0.3 is 0 Å². The third kappa shape index (κ3) is 3.44. The lowest BCUT2D eigenvalue weighted by Gasteiger charge is -2.20. The number of aryl methyl sites for hydroxylation is 1. The molecule has 1 heterocycles. The average Bonchev–Trinajstić information content (AvgIpc) is 2.41. The number of nitrogens with zero attached hydrogens (tertiary/aromatic N) is 2. The van der Waals surface area contributed by atoms with E-state index in [4.69, 9.17) is 11.6 Å². The van der Waals surface area contributed by atoms with Crippen molar-refractivity contribution in [3.05, 3.63) is 59.0 Å². The van der Waals surface area contributed by atoms with Gasteiger partial charge in [0.1, 0.15) is 11.6 Å². The summed E-state index contributed by atoms with van der Waals surface area (Å²) in [4.78, 5) is 6.10. The molecule has 0 aliphatic carbocycles. The first-order valence-corrected chi connectivity index (χ1v) is 6.60. The molecule has 0 atom stereocenters. The third-order valence-electron chi connectivity index (χ3n) is 2.96. The molecule has 0 saturated heterocycles. The molecule has 2 rings (SSSR count). The minimum absolute atomic E-state index is 0.248. The van der Waals surface area contributed by atoms with Crippen LogP contribution < -0.4 is 4.90 Å². The number of rotatable bonds is 4. The zero-order valence-electron chi connectivity index (χ0n) is 11.0. The number of anilines is 1. The maximum Gasteiger partial charge on any atom is 0.141 e. The fourth-order valence-corrected chi connectivity index (χ4v) is 2.15. The zero-order chi connectivity index (χ0) is 13.8. The first-order chi connectivity index (χ1) is 9.10. The van der Waals surface area contributed by atoms with E-state index in [2.05, 4.69) is 36.2 Å². The summed E-state index contributed by atoms with van der Waals surface area (Å²) in [6, 6.07) is 9.74. The maximum absolute atomic E-state index is 13.1. The fraction of sp³-hybridized carbons (Fsp3) is 0.267. The summed E-state index contributed by atoms with van der Waals surface area (Å²) in [5.41, 5.74) is 3.11. The van der Waals surface area contributed by atoms with E-state index in [1.54, 1.807) is 0 Å². The highest BCUT2D eigenvalue weighted by molar-refractivity contribution is 6.17. The average molecular weight is 279 g/mol. The van der Waals surface area contributed by atoms with E-state index in [0.29, 0.717) is 12.1 Å². The number of alkyl halides is 1. The molecular weight excluding hydrogens is 263 g/mol. The molecule has 0 radical (unpaired) electrons. The van der Waals surface area contributed by atoms with E-state index >= 15 is 0 Å². The van der Waals surface area contributed by atoms with Crippen LogP contribution in [0.2, 0.25) is 0 Å². The second kappa shape index (κ2) is 6.02. The molecule has 0 spiro atoms. The van der Waals surface area contributed by atoms with Crippen LogP contribution in [0.1, 0.15) is 16.7 Å². The van der Waals surface area contributed by atoms with Crippen molar-refractivity contribution >= 4 is 17.4 Å². The highest BCUT2D eigenvalue weighted by atomic mass is 35.5. The van der Waals surface area contributed by atoms with Crippen molar-refractivity contribution in [1.82, 2.24) is 4.98 Å². The summed E-state index contributed by atoms with van der Waals surface area (Å²) in [7, 11) is 1.93. The van der Waals surface area contributed by atoms with Crippen molar-refractivity contribution in [3.8, 4) is 0 Å². The normalized spacial score (nSPS) is 10.5. The van der Waals surface area contributed by atoms with Crippen molar-refractivity contribution < 1.29 is 4.39 Å². The Labute approximate surface area is 117 Å². The topological polar surface area (TPSA) is 16.1 Å². The molecule has 1 aromatic carbocycles. The summed E-state index contributed by atoms with van der Waals surface area (Å²) >= 11 is 5.84. The molecule has 0 aliphatic rings. The lowest BCUT2D eigenvalue weighted by atomic mass is 10.1. The van der Waals surface area contributed by atoms with Gasteiger partial charge in [-0.15, -0.1) is 11.6 Å². The second-order valence-corrected chi connectivity index (χ2v) is 4.88.